The molecule has 0 bridgehead atoms. The molecule has 5 heteroatoms. The Labute approximate surface area is 137 Å². The van der Waals surface area contributed by atoms with Crippen LogP contribution in [-0.4, -0.2) is 22.0 Å². The molecule has 0 fully saturated rings. The van der Waals surface area contributed by atoms with E-state index >= 15 is 0 Å². The van der Waals surface area contributed by atoms with Gasteiger partial charge in [0.1, 0.15) is 0 Å². The zero-order valence-corrected chi connectivity index (χ0v) is 12.9. The number of aromatic amines is 1. The molecule has 2 heterocycles. The number of hydrogen-bond donors (Lipinski definition) is 3. The summed E-state index contributed by atoms with van der Waals surface area (Å²) in [6.07, 6.45) is 1.82. The van der Waals surface area contributed by atoms with Crippen LogP contribution in [0.5, 0.6) is 0 Å². The van der Waals surface area contributed by atoms with E-state index in [0.717, 1.165) is 22.2 Å². The Hall–Kier alpha value is -3.34. The first-order chi connectivity index (χ1) is 11.5. The number of carboxylic acid groups (broad SMARTS) is 1. The summed E-state index contributed by atoms with van der Waals surface area (Å²) in [5.41, 5.74) is 4.77. The normalized spacial score (nSPS) is 14.9. The van der Waals surface area contributed by atoms with E-state index in [2.05, 4.69) is 10.3 Å². The summed E-state index contributed by atoms with van der Waals surface area (Å²) in [5.74, 6) is -1.24. The number of carbonyl (C=O) groups is 2. The van der Waals surface area contributed by atoms with Crippen molar-refractivity contribution in [3.63, 3.8) is 0 Å². The van der Waals surface area contributed by atoms with Crippen LogP contribution < -0.4 is 5.32 Å². The molecule has 0 spiro atoms. The molecule has 0 radical (unpaired) electrons. The smallest absolute Gasteiger partial charge is 0.335 e. The summed E-state index contributed by atoms with van der Waals surface area (Å²) in [7, 11) is 0. The number of aryl methyl sites for hydroxylation is 1. The van der Waals surface area contributed by atoms with E-state index in [1.54, 1.807) is 6.07 Å². The number of anilines is 1. The molecule has 24 heavy (non-hydrogen) atoms. The zero-order valence-electron chi connectivity index (χ0n) is 12.9. The van der Waals surface area contributed by atoms with Crippen LogP contribution in [0.2, 0.25) is 0 Å². The van der Waals surface area contributed by atoms with Crippen molar-refractivity contribution in [2.45, 2.75) is 6.92 Å². The van der Waals surface area contributed by atoms with Crippen LogP contribution in [-0.2, 0) is 4.79 Å². The van der Waals surface area contributed by atoms with E-state index in [9.17, 15) is 14.7 Å². The van der Waals surface area contributed by atoms with Gasteiger partial charge in [0.15, 0.2) is 0 Å². The molecule has 0 atom stereocenters. The summed E-state index contributed by atoms with van der Waals surface area (Å²) < 4.78 is 0. The zero-order chi connectivity index (χ0) is 16.8. The molecule has 0 saturated heterocycles. The average Bonchev–Trinajstić information content (AvgIpc) is 3.04. The van der Waals surface area contributed by atoms with Crippen LogP contribution >= 0.6 is 0 Å². The van der Waals surface area contributed by atoms with E-state index in [1.165, 1.54) is 12.1 Å². The Bertz CT molecular complexity index is 1040. The van der Waals surface area contributed by atoms with Gasteiger partial charge in [0.05, 0.1) is 5.56 Å². The molecule has 3 N–H and O–H groups in total. The molecule has 2 aromatic carbocycles. The summed E-state index contributed by atoms with van der Waals surface area (Å²) in [5, 5.41) is 13.0. The lowest BCUT2D eigenvalue weighted by molar-refractivity contribution is -0.110. The Morgan fingerprint density at radius 2 is 1.96 bits per heavy atom. The molecule has 3 aromatic rings. The predicted molar refractivity (Wildman–Crippen MR) is 92.9 cm³/mol. The van der Waals surface area contributed by atoms with Gasteiger partial charge in [-0.25, -0.2) is 4.79 Å². The number of fused-ring (bicyclic) bond motifs is 2. The van der Waals surface area contributed by atoms with Crippen LogP contribution in [0.4, 0.5) is 5.69 Å². The molecular formula is C19H14N2O3. The molecule has 0 aliphatic carbocycles. The first-order valence-electron chi connectivity index (χ1n) is 7.52. The fraction of sp³-hybridized carbons (Fsp3) is 0.0526. The average molecular weight is 318 g/mol. The van der Waals surface area contributed by atoms with Crippen molar-refractivity contribution in [1.82, 2.24) is 4.98 Å². The molecule has 1 aromatic heterocycles. The van der Waals surface area contributed by atoms with Gasteiger partial charge >= 0.3 is 5.97 Å². The van der Waals surface area contributed by atoms with Gasteiger partial charge in [0.25, 0.3) is 5.91 Å². The Balaban J connectivity index is 1.92. The van der Waals surface area contributed by atoms with Crippen molar-refractivity contribution in [1.29, 1.82) is 0 Å². The number of para-hydroxylation sites is 1. The van der Waals surface area contributed by atoms with Gasteiger partial charge in [-0.05, 0) is 37.3 Å². The molecule has 4 rings (SSSR count). The van der Waals surface area contributed by atoms with Gasteiger partial charge in [-0.1, -0.05) is 18.2 Å². The summed E-state index contributed by atoms with van der Waals surface area (Å²) in [6, 6.07) is 12.5. The molecule has 0 saturated carbocycles. The minimum Gasteiger partial charge on any atom is -0.478 e. The fourth-order valence-electron chi connectivity index (χ4n) is 3.09. The SMILES string of the molecule is Cc1[nH]c2ccccc2c1/C=C1\C(=O)Nc2ccc(C(=O)O)cc21. The molecule has 0 unspecified atom stereocenters. The quantitative estimate of drug-likeness (QED) is 0.631. The second kappa shape index (κ2) is 5.09. The van der Waals surface area contributed by atoms with E-state index in [4.69, 9.17) is 0 Å². The number of rotatable bonds is 2. The monoisotopic (exact) mass is 318 g/mol. The number of carbonyl (C=O) groups excluding carboxylic acids is 1. The highest BCUT2D eigenvalue weighted by Crippen LogP contribution is 2.35. The van der Waals surface area contributed by atoms with Crippen LogP contribution in [0, 0.1) is 6.92 Å². The second-order valence-corrected chi connectivity index (χ2v) is 5.79. The van der Waals surface area contributed by atoms with E-state index < -0.39 is 5.97 Å². The first kappa shape index (κ1) is 14.3. The second-order valence-electron chi connectivity index (χ2n) is 5.79. The van der Waals surface area contributed by atoms with Crippen LogP contribution in [0.1, 0.15) is 27.2 Å². The lowest BCUT2D eigenvalue weighted by atomic mass is 10.0. The molecule has 1 aliphatic rings. The highest BCUT2D eigenvalue weighted by molar-refractivity contribution is 6.35. The number of aromatic nitrogens is 1. The highest BCUT2D eigenvalue weighted by Gasteiger charge is 2.25. The third kappa shape index (κ3) is 2.10. The minimum atomic E-state index is -1.01. The van der Waals surface area contributed by atoms with E-state index in [0.29, 0.717) is 16.8 Å². The summed E-state index contributed by atoms with van der Waals surface area (Å²) in [4.78, 5) is 26.9. The Kier molecular flexibility index (Phi) is 3.03. The lowest BCUT2D eigenvalue weighted by Crippen LogP contribution is -2.03. The summed E-state index contributed by atoms with van der Waals surface area (Å²) in [6.45, 7) is 1.95. The third-order valence-corrected chi connectivity index (χ3v) is 4.28. The van der Waals surface area contributed by atoms with Crippen LogP contribution in [0.3, 0.4) is 0 Å². The topological polar surface area (TPSA) is 82.2 Å². The van der Waals surface area contributed by atoms with Crippen LogP contribution in [0.25, 0.3) is 22.6 Å². The van der Waals surface area contributed by atoms with Gasteiger partial charge in [0, 0.05) is 39.0 Å². The largest absolute Gasteiger partial charge is 0.478 e. The van der Waals surface area contributed by atoms with Gasteiger partial charge in [-0.2, -0.15) is 0 Å². The van der Waals surface area contributed by atoms with E-state index in [-0.39, 0.29) is 11.5 Å². The van der Waals surface area contributed by atoms with Gasteiger partial charge in [-0.15, -0.1) is 0 Å². The number of nitrogens with one attached hydrogen (secondary N) is 2. The van der Waals surface area contributed by atoms with Gasteiger partial charge < -0.3 is 15.4 Å². The fourth-order valence-corrected chi connectivity index (χ4v) is 3.09. The van der Waals surface area contributed by atoms with Crippen molar-refractivity contribution < 1.29 is 14.7 Å². The van der Waals surface area contributed by atoms with Crippen LogP contribution in [0.15, 0.2) is 42.5 Å². The summed E-state index contributed by atoms with van der Waals surface area (Å²) >= 11 is 0. The van der Waals surface area contributed by atoms with E-state index in [1.807, 2.05) is 37.3 Å². The first-order valence-corrected chi connectivity index (χ1v) is 7.52. The molecule has 1 amide bonds. The Morgan fingerprint density at radius 3 is 2.75 bits per heavy atom. The Morgan fingerprint density at radius 1 is 1.17 bits per heavy atom. The van der Waals surface area contributed by atoms with Crippen molar-refractivity contribution in [3.8, 4) is 0 Å². The van der Waals surface area contributed by atoms with Crippen molar-refractivity contribution in [3.05, 3.63) is 64.8 Å². The maximum absolute atomic E-state index is 12.3. The molecular weight excluding hydrogens is 304 g/mol. The number of hydrogen-bond acceptors (Lipinski definition) is 2. The molecule has 5 nitrogen and oxygen atoms in total. The number of H-pyrrole nitrogens is 1. The van der Waals surface area contributed by atoms with Gasteiger partial charge in [-0.3, -0.25) is 4.79 Å². The number of benzene rings is 2. The van der Waals surface area contributed by atoms with Crippen molar-refractivity contribution >= 4 is 40.1 Å². The minimum absolute atomic E-state index is 0.159. The maximum atomic E-state index is 12.3. The highest BCUT2D eigenvalue weighted by atomic mass is 16.4. The molecule has 1 aliphatic heterocycles. The number of amides is 1. The van der Waals surface area contributed by atoms with Crippen molar-refractivity contribution in [2.24, 2.45) is 0 Å². The standard InChI is InChI=1S/C19H14N2O3/c1-10-13(12-4-2-3-5-16(12)20-10)9-15-14-8-11(19(23)24)6-7-17(14)21-18(15)22/h2-9,20H,1H3,(H,21,22)(H,23,24)/b15-9-. The number of carboxylic acids is 1. The lowest BCUT2D eigenvalue weighted by Gasteiger charge is -2.01. The van der Waals surface area contributed by atoms with Crippen molar-refractivity contribution in [2.75, 3.05) is 5.32 Å². The van der Waals surface area contributed by atoms with Gasteiger partial charge in [0.2, 0.25) is 0 Å². The number of aromatic carboxylic acids is 1. The predicted octanol–water partition coefficient (Wildman–Crippen LogP) is 3.67. The maximum Gasteiger partial charge on any atom is 0.335 e. The third-order valence-electron chi connectivity index (χ3n) is 4.28. The molecule has 118 valence electrons.